The van der Waals surface area contributed by atoms with Crippen LogP contribution in [0.25, 0.3) is 0 Å². The Morgan fingerprint density at radius 2 is 1.94 bits per heavy atom. The second-order valence-electron chi connectivity index (χ2n) is 3.37. The number of halogens is 2. The maximum Gasteiger partial charge on any atom is 0.325 e. The van der Waals surface area contributed by atoms with E-state index in [-0.39, 0.29) is 12.5 Å². The molecule has 0 heterocycles. The molecule has 0 fully saturated rings. The Hall–Kier alpha value is -1.26. The van der Waals surface area contributed by atoms with E-state index >= 15 is 0 Å². The number of nitrogens with zero attached hydrogens (tertiary/aromatic N) is 1. The number of methoxy groups -OCH3 is 1. The molecule has 1 aromatic rings. The third-order valence-electron chi connectivity index (χ3n) is 2.11. The van der Waals surface area contributed by atoms with Crippen LogP contribution in [0.15, 0.2) is 18.2 Å². The summed E-state index contributed by atoms with van der Waals surface area (Å²) in [5.74, 6) is -0.810. The fraction of sp³-hybridized carbons (Fsp3) is 0.273. The van der Waals surface area contributed by atoms with Gasteiger partial charge in [-0.15, -0.1) is 0 Å². The molecule has 0 unspecified atom stereocenters. The molecule has 6 heteroatoms. The van der Waals surface area contributed by atoms with Crippen LogP contribution in [0.5, 0.6) is 0 Å². The number of carbonyl (C=O) groups is 2. The zero-order valence-electron chi connectivity index (χ0n) is 9.37. The van der Waals surface area contributed by atoms with Crippen LogP contribution >= 0.6 is 23.2 Å². The lowest BCUT2D eigenvalue weighted by atomic mass is 10.2. The summed E-state index contributed by atoms with van der Waals surface area (Å²) in [5, 5.41) is 0.669. The van der Waals surface area contributed by atoms with E-state index in [0.717, 1.165) is 0 Å². The summed E-state index contributed by atoms with van der Waals surface area (Å²) in [6.45, 7) is -0.115. The molecule has 0 spiro atoms. The molecule has 0 aromatic heterocycles. The van der Waals surface area contributed by atoms with Crippen molar-refractivity contribution in [1.82, 2.24) is 4.90 Å². The normalized spacial score (nSPS) is 9.88. The summed E-state index contributed by atoms with van der Waals surface area (Å²) in [4.78, 5) is 24.1. The molecular weight excluding hydrogens is 265 g/mol. The van der Waals surface area contributed by atoms with Crippen molar-refractivity contribution in [3.05, 3.63) is 33.8 Å². The molecule has 1 rings (SSSR count). The first kappa shape index (κ1) is 13.8. The summed E-state index contributed by atoms with van der Waals surface area (Å²) in [6.07, 6.45) is 0. The molecule has 0 aliphatic carbocycles. The number of ether oxygens (including phenoxy) is 1. The van der Waals surface area contributed by atoms with E-state index < -0.39 is 5.97 Å². The quantitative estimate of drug-likeness (QED) is 0.795. The van der Waals surface area contributed by atoms with Crippen molar-refractivity contribution in [3.8, 4) is 0 Å². The maximum absolute atomic E-state index is 11.9. The molecule has 1 aromatic carbocycles. The molecule has 0 atom stereocenters. The second-order valence-corrected chi connectivity index (χ2v) is 4.18. The third kappa shape index (κ3) is 3.61. The number of likely N-dealkylation sites (N-methyl/N-ethyl adjacent to an activating group) is 1. The molecule has 0 radical (unpaired) electrons. The van der Waals surface area contributed by atoms with Gasteiger partial charge in [0.05, 0.1) is 17.2 Å². The lowest BCUT2D eigenvalue weighted by molar-refractivity contribution is -0.141. The fourth-order valence-electron chi connectivity index (χ4n) is 1.18. The lowest BCUT2D eigenvalue weighted by Gasteiger charge is -2.15. The van der Waals surface area contributed by atoms with Gasteiger partial charge in [0.1, 0.15) is 6.54 Å². The maximum atomic E-state index is 11.9. The van der Waals surface area contributed by atoms with Crippen LogP contribution < -0.4 is 0 Å². The molecule has 0 saturated carbocycles. The van der Waals surface area contributed by atoms with Crippen molar-refractivity contribution >= 4 is 35.1 Å². The Labute approximate surface area is 109 Å². The van der Waals surface area contributed by atoms with Gasteiger partial charge in [0.2, 0.25) is 0 Å². The van der Waals surface area contributed by atoms with Gasteiger partial charge in [-0.1, -0.05) is 23.2 Å². The van der Waals surface area contributed by atoms with Crippen LogP contribution in [-0.2, 0) is 9.53 Å². The first-order chi connectivity index (χ1) is 7.95. The largest absolute Gasteiger partial charge is 0.468 e. The Morgan fingerprint density at radius 3 is 2.47 bits per heavy atom. The second kappa shape index (κ2) is 5.89. The topological polar surface area (TPSA) is 46.6 Å². The van der Waals surface area contributed by atoms with Crippen LogP contribution in [0, 0.1) is 0 Å². The zero-order chi connectivity index (χ0) is 13.0. The van der Waals surface area contributed by atoms with Gasteiger partial charge in [0.15, 0.2) is 0 Å². The Kier molecular flexibility index (Phi) is 4.78. The number of esters is 1. The first-order valence-corrected chi connectivity index (χ1v) is 5.48. The van der Waals surface area contributed by atoms with Crippen molar-refractivity contribution in [2.75, 3.05) is 20.7 Å². The fourth-order valence-corrected chi connectivity index (χ4v) is 1.48. The van der Waals surface area contributed by atoms with Crippen molar-refractivity contribution in [1.29, 1.82) is 0 Å². The molecule has 0 aliphatic rings. The van der Waals surface area contributed by atoms with Crippen molar-refractivity contribution in [2.45, 2.75) is 0 Å². The highest BCUT2D eigenvalue weighted by Gasteiger charge is 2.15. The molecule has 0 bridgehead atoms. The predicted molar refractivity (Wildman–Crippen MR) is 65.4 cm³/mol. The van der Waals surface area contributed by atoms with E-state index in [1.165, 1.54) is 31.2 Å². The number of rotatable bonds is 3. The van der Waals surface area contributed by atoms with E-state index in [0.29, 0.717) is 15.6 Å². The van der Waals surface area contributed by atoms with Gasteiger partial charge >= 0.3 is 5.97 Å². The molecule has 0 saturated heterocycles. The van der Waals surface area contributed by atoms with E-state index in [2.05, 4.69) is 4.74 Å². The van der Waals surface area contributed by atoms with Crippen LogP contribution in [0.3, 0.4) is 0 Å². The summed E-state index contributed by atoms with van der Waals surface area (Å²) in [6, 6.07) is 4.54. The summed E-state index contributed by atoms with van der Waals surface area (Å²) in [5.41, 5.74) is 0.366. The number of carbonyl (C=O) groups excluding carboxylic acids is 2. The van der Waals surface area contributed by atoms with Gasteiger partial charge in [-0.3, -0.25) is 9.59 Å². The monoisotopic (exact) mass is 275 g/mol. The van der Waals surface area contributed by atoms with E-state index in [1.807, 2.05) is 0 Å². The molecule has 0 N–H and O–H groups in total. The van der Waals surface area contributed by atoms with Gasteiger partial charge in [-0.2, -0.15) is 0 Å². The van der Waals surface area contributed by atoms with Crippen LogP contribution in [0.4, 0.5) is 0 Å². The van der Waals surface area contributed by atoms with Gasteiger partial charge < -0.3 is 9.64 Å². The average molecular weight is 276 g/mol. The number of amides is 1. The molecule has 0 aliphatic heterocycles. The Morgan fingerprint density at radius 1 is 1.29 bits per heavy atom. The molecular formula is C11H11Cl2NO3. The highest BCUT2D eigenvalue weighted by atomic mass is 35.5. The van der Waals surface area contributed by atoms with E-state index in [9.17, 15) is 9.59 Å². The minimum atomic E-state index is -0.485. The highest BCUT2D eigenvalue weighted by molar-refractivity contribution is 6.42. The number of hydrogen-bond acceptors (Lipinski definition) is 3. The van der Waals surface area contributed by atoms with E-state index in [1.54, 1.807) is 6.07 Å². The van der Waals surface area contributed by atoms with Gasteiger partial charge in [0.25, 0.3) is 5.91 Å². The Balaban J connectivity index is 2.81. The first-order valence-electron chi connectivity index (χ1n) is 4.73. The summed E-state index contributed by atoms with van der Waals surface area (Å²) in [7, 11) is 2.77. The molecule has 92 valence electrons. The number of benzene rings is 1. The molecule has 4 nitrogen and oxygen atoms in total. The highest BCUT2D eigenvalue weighted by Crippen LogP contribution is 2.23. The van der Waals surface area contributed by atoms with E-state index in [4.69, 9.17) is 23.2 Å². The smallest absolute Gasteiger partial charge is 0.325 e. The SMILES string of the molecule is COC(=O)CN(C)C(=O)c1ccc(Cl)c(Cl)c1. The third-order valence-corrected chi connectivity index (χ3v) is 2.85. The average Bonchev–Trinajstić information content (AvgIpc) is 2.31. The predicted octanol–water partition coefficient (Wildman–Crippen LogP) is 2.24. The summed E-state index contributed by atoms with van der Waals surface area (Å²) >= 11 is 11.5. The van der Waals surface area contributed by atoms with Crippen LogP contribution in [-0.4, -0.2) is 37.5 Å². The lowest BCUT2D eigenvalue weighted by Crippen LogP contribution is -2.32. The van der Waals surface area contributed by atoms with Crippen LogP contribution in [0.1, 0.15) is 10.4 Å². The number of hydrogen-bond donors (Lipinski definition) is 0. The van der Waals surface area contributed by atoms with Crippen molar-refractivity contribution in [2.24, 2.45) is 0 Å². The molecule has 17 heavy (non-hydrogen) atoms. The zero-order valence-corrected chi connectivity index (χ0v) is 10.9. The minimum absolute atomic E-state index is 0.115. The summed E-state index contributed by atoms with van der Waals surface area (Å²) < 4.78 is 4.47. The van der Waals surface area contributed by atoms with Crippen molar-refractivity contribution < 1.29 is 14.3 Å². The Bertz CT molecular complexity index is 448. The standard InChI is InChI=1S/C11H11Cl2NO3/c1-14(6-10(15)17-2)11(16)7-3-4-8(12)9(13)5-7/h3-5H,6H2,1-2H3. The van der Waals surface area contributed by atoms with Gasteiger partial charge in [-0.25, -0.2) is 0 Å². The van der Waals surface area contributed by atoms with Gasteiger partial charge in [-0.05, 0) is 18.2 Å². The van der Waals surface area contributed by atoms with Crippen LogP contribution in [0.2, 0.25) is 10.0 Å². The molecule has 1 amide bonds. The minimum Gasteiger partial charge on any atom is -0.468 e. The van der Waals surface area contributed by atoms with Crippen molar-refractivity contribution in [3.63, 3.8) is 0 Å². The van der Waals surface area contributed by atoms with Gasteiger partial charge in [0, 0.05) is 12.6 Å².